The Morgan fingerprint density at radius 2 is 1.88 bits per heavy atom. The molecule has 0 N–H and O–H groups in total. The number of ether oxygens (including phenoxy) is 2. The van der Waals surface area contributed by atoms with Crippen LogP contribution in [-0.2, 0) is 4.74 Å². The summed E-state index contributed by atoms with van der Waals surface area (Å²) in [5, 5.41) is 2.01. The lowest BCUT2D eigenvalue weighted by molar-refractivity contribution is 0.0491. The zero-order chi connectivity index (χ0) is 16.6. The third-order valence-corrected chi connectivity index (χ3v) is 5.16. The van der Waals surface area contributed by atoms with Gasteiger partial charge in [0, 0.05) is 17.8 Å². The molecule has 0 aliphatic carbocycles. The summed E-state index contributed by atoms with van der Waals surface area (Å²) < 4.78 is 10.9. The van der Waals surface area contributed by atoms with Gasteiger partial charge >= 0.3 is 6.16 Å². The average Bonchev–Trinajstić information content (AvgIpc) is 3.15. The number of para-hydroxylation sites is 1. The van der Waals surface area contributed by atoms with Gasteiger partial charge in [-0.25, -0.2) is 4.79 Å². The van der Waals surface area contributed by atoms with Gasteiger partial charge in [0.25, 0.3) is 0 Å². The quantitative estimate of drug-likeness (QED) is 0.552. The van der Waals surface area contributed by atoms with Gasteiger partial charge in [0.15, 0.2) is 0 Å². The molecular formula is C19H23NO3S. The lowest BCUT2D eigenvalue weighted by Crippen LogP contribution is -2.31. The number of benzene rings is 1. The van der Waals surface area contributed by atoms with Crippen molar-refractivity contribution in [2.24, 2.45) is 0 Å². The third-order valence-electron chi connectivity index (χ3n) is 4.20. The molecule has 0 saturated carbocycles. The Hall–Kier alpha value is -1.85. The summed E-state index contributed by atoms with van der Waals surface area (Å²) in [6.45, 7) is 3.23. The summed E-state index contributed by atoms with van der Waals surface area (Å²) in [6, 6.07) is 13.0. The van der Waals surface area contributed by atoms with Crippen LogP contribution in [0.5, 0.6) is 5.75 Å². The fourth-order valence-electron chi connectivity index (χ4n) is 2.94. The lowest BCUT2D eigenvalue weighted by Gasteiger charge is -2.27. The maximum absolute atomic E-state index is 12.1. The first-order valence-electron chi connectivity index (χ1n) is 8.50. The van der Waals surface area contributed by atoms with Gasteiger partial charge < -0.3 is 14.4 Å². The van der Waals surface area contributed by atoms with Gasteiger partial charge in [-0.2, -0.15) is 0 Å². The largest absolute Gasteiger partial charge is 0.514 e. The summed E-state index contributed by atoms with van der Waals surface area (Å²) in [7, 11) is 0. The molecule has 0 spiro atoms. The molecule has 3 rings (SSSR count). The Kier molecular flexibility index (Phi) is 6.26. The van der Waals surface area contributed by atoms with E-state index in [9.17, 15) is 4.79 Å². The summed E-state index contributed by atoms with van der Waals surface area (Å²) >= 11 is 1.61. The minimum absolute atomic E-state index is 0.247. The minimum atomic E-state index is -0.641. The maximum Gasteiger partial charge on any atom is 0.514 e. The van der Waals surface area contributed by atoms with E-state index in [1.54, 1.807) is 23.5 Å². The standard InChI is InChI=1S/C19H23NO3S/c21-19(22-16-8-3-1-4-9-16)23-17(18-10-7-15-24-18)11-14-20-12-5-2-6-13-20/h1,3-4,7-10,15,17H,2,5-6,11-14H2. The third kappa shape index (κ3) is 5.08. The SMILES string of the molecule is O=C(Oc1ccccc1)OC(CCN1CCCCC1)c1cccs1. The van der Waals surface area contributed by atoms with Crippen molar-refractivity contribution in [2.75, 3.05) is 19.6 Å². The highest BCUT2D eigenvalue weighted by Crippen LogP contribution is 2.27. The first-order valence-corrected chi connectivity index (χ1v) is 9.38. The number of carbonyl (C=O) groups excluding carboxylic acids is 1. The smallest absolute Gasteiger partial charge is 0.425 e. The second-order valence-corrected chi connectivity index (χ2v) is 6.96. The van der Waals surface area contributed by atoms with E-state index in [0.29, 0.717) is 5.75 Å². The maximum atomic E-state index is 12.1. The predicted molar refractivity (Wildman–Crippen MR) is 95.5 cm³/mol. The molecule has 1 aromatic carbocycles. The Labute approximate surface area is 147 Å². The molecule has 24 heavy (non-hydrogen) atoms. The van der Waals surface area contributed by atoms with Crippen LogP contribution in [0.4, 0.5) is 4.79 Å². The highest BCUT2D eigenvalue weighted by atomic mass is 32.1. The summed E-state index contributed by atoms with van der Waals surface area (Å²) in [5.74, 6) is 0.503. The summed E-state index contributed by atoms with van der Waals surface area (Å²) in [5.41, 5.74) is 0. The minimum Gasteiger partial charge on any atom is -0.425 e. The Bertz CT molecular complexity index is 609. The topological polar surface area (TPSA) is 38.8 Å². The van der Waals surface area contributed by atoms with Gasteiger partial charge in [-0.3, -0.25) is 0 Å². The fraction of sp³-hybridized carbons (Fsp3) is 0.421. The molecule has 0 radical (unpaired) electrons. The van der Waals surface area contributed by atoms with Crippen LogP contribution in [0.25, 0.3) is 0 Å². The zero-order valence-corrected chi connectivity index (χ0v) is 14.5. The molecule has 1 unspecified atom stereocenters. The van der Waals surface area contributed by atoms with Gasteiger partial charge in [0.2, 0.25) is 0 Å². The van der Waals surface area contributed by atoms with Crippen LogP contribution in [0.2, 0.25) is 0 Å². The van der Waals surface area contributed by atoms with E-state index in [4.69, 9.17) is 9.47 Å². The van der Waals surface area contributed by atoms with Crippen molar-refractivity contribution in [3.05, 3.63) is 52.7 Å². The molecule has 4 nitrogen and oxygen atoms in total. The molecule has 1 aromatic heterocycles. The Morgan fingerprint density at radius 3 is 2.58 bits per heavy atom. The second-order valence-electron chi connectivity index (χ2n) is 5.98. The highest BCUT2D eigenvalue weighted by Gasteiger charge is 2.21. The molecular weight excluding hydrogens is 322 g/mol. The normalized spacial score (nSPS) is 16.5. The van der Waals surface area contributed by atoms with Crippen molar-refractivity contribution in [3.63, 3.8) is 0 Å². The molecule has 1 atom stereocenters. The molecule has 0 bridgehead atoms. The molecule has 1 fully saturated rings. The first-order chi connectivity index (χ1) is 11.8. The van der Waals surface area contributed by atoms with Crippen LogP contribution >= 0.6 is 11.3 Å². The first kappa shape index (κ1) is 17.0. The molecule has 1 aliphatic heterocycles. The predicted octanol–water partition coefficient (Wildman–Crippen LogP) is 4.88. The van der Waals surface area contributed by atoms with E-state index < -0.39 is 6.16 Å². The Balaban J connectivity index is 1.56. The van der Waals surface area contributed by atoms with Crippen molar-refractivity contribution in [1.29, 1.82) is 0 Å². The van der Waals surface area contributed by atoms with Gasteiger partial charge in [0.1, 0.15) is 11.9 Å². The number of thiophene rings is 1. The van der Waals surface area contributed by atoms with E-state index in [0.717, 1.165) is 30.9 Å². The van der Waals surface area contributed by atoms with Gasteiger partial charge in [-0.05, 0) is 49.5 Å². The van der Waals surface area contributed by atoms with Crippen LogP contribution in [0.1, 0.15) is 36.7 Å². The van der Waals surface area contributed by atoms with Crippen molar-refractivity contribution in [1.82, 2.24) is 4.90 Å². The molecule has 128 valence electrons. The van der Waals surface area contributed by atoms with Crippen LogP contribution in [0.15, 0.2) is 47.8 Å². The van der Waals surface area contributed by atoms with Crippen molar-refractivity contribution < 1.29 is 14.3 Å². The van der Waals surface area contributed by atoms with Gasteiger partial charge in [-0.15, -0.1) is 11.3 Å². The zero-order valence-electron chi connectivity index (χ0n) is 13.7. The van der Waals surface area contributed by atoms with E-state index >= 15 is 0 Å². The van der Waals surface area contributed by atoms with Crippen LogP contribution in [0, 0.1) is 0 Å². The fourth-order valence-corrected chi connectivity index (χ4v) is 3.73. The van der Waals surface area contributed by atoms with Gasteiger partial charge in [-0.1, -0.05) is 30.7 Å². The molecule has 5 heteroatoms. The average molecular weight is 345 g/mol. The number of rotatable bonds is 6. The lowest BCUT2D eigenvalue weighted by atomic mass is 10.1. The van der Waals surface area contributed by atoms with E-state index in [-0.39, 0.29) is 6.10 Å². The molecule has 2 aromatic rings. The number of nitrogens with zero attached hydrogens (tertiary/aromatic N) is 1. The molecule has 1 saturated heterocycles. The van der Waals surface area contributed by atoms with E-state index in [2.05, 4.69) is 4.90 Å². The molecule has 2 heterocycles. The Morgan fingerprint density at radius 1 is 1.08 bits per heavy atom. The van der Waals surface area contributed by atoms with Gasteiger partial charge in [0.05, 0.1) is 0 Å². The second kappa shape index (κ2) is 8.85. The number of carbonyl (C=O) groups is 1. The van der Waals surface area contributed by atoms with Crippen LogP contribution in [-0.4, -0.2) is 30.7 Å². The number of likely N-dealkylation sites (tertiary alicyclic amines) is 1. The number of hydrogen-bond acceptors (Lipinski definition) is 5. The highest BCUT2D eigenvalue weighted by molar-refractivity contribution is 7.10. The summed E-state index contributed by atoms with van der Waals surface area (Å²) in [4.78, 5) is 15.6. The number of hydrogen-bond donors (Lipinski definition) is 0. The van der Waals surface area contributed by atoms with Crippen molar-refractivity contribution >= 4 is 17.5 Å². The molecule has 1 aliphatic rings. The number of piperidine rings is 1. The monoisotopic (exact) mass is 345 g/mol. The van der Waals surface area contributed by atoms with Crippen LogP contribution in [0.3, 0.4) is 0 Å². The summed E-state index contributed by atoms with van der Waals surface area (Å²) in [6.07, 6.45) is 3.76. The van der Waals surface area contributed by atoms with Crippen molar-refractivity contribution in [3.8, 4) is 5.75 Å². The van der Waals surface area contributed by atoms with Crippen molar-refractivity contribution in [2.45, 2.75) is 31.8 Å². The molecule has 0 amide bonds. The van der Waals surface area contributed by atoms with E-state index in [1.165, 1.54) is 19.3 Å². The van der Waals surface area contributed by atoms with E-state index in [1.807, 2.05) is 35.7 Å². The van der Waals surface area contributed by atoms with Crippen LogP contribution < -0.4 is 4.74 Å².